The zero-order chi connectivity index (χ0) is 10.0. The van der Waals surface area contributed by atoms with E-state index in [9.17, 15) is 4.79 Å². The molecular weight excluding hydrogens is 174 g/mol. The van der Waals surface area contributed by atoms with Crippen LogP contribution in [-0.4, -0.2) is 6.08 Å². The summed E-state index contributed by atoms with van der Waals surface area (Å²) < 4.78 is 0. The van der Waals surface area contributed by atoms with Crippen LogP contribution in [0.15, 0.2) is 29.3 Å². The van der Waals surface area contributed by atoms with Crippen molar-refractivity contribution in [3.05, 3.63) is 35.4 Å². The Labute approximate surface area is 83.7 Å². The molecule has 2 nitrogen and oxygen atoms in total. The van der Waals surface area contributed by atoms with Crippen molar-refractivity contribution in [2.24, 2.45) is 4.99 Å². The molecule has 0 spiro atoms. The van der Waals surface area contributed by atoms with Gasteiger partial charge in [-0.1, -0.05) is 29.8 Å². The Kier molecular flexibility index (Phi) is 2.22. The van der Waals surface area contributed by atoms with Gasteiger partial charge in [0.25, 0.3) is 0 Å². The maximum absolute atomic E-state index is 10.4. The van der Waals surface area contributed by atoms with E-state index in [1.165, 1.54) is 5.56 Å². The number of hydrogen-bond donors (Lipinski definition) is 0. The number of benzene rings is 1. The Morgan fingerprint density at radius 2 is 2.21 bits per heavy atom. The van der Waals surface area contributed by atoms with Crippen LogP contribution in [0.4, 0.5) is 0 Å². The fraction of sp³-hybridized carbons (Fsp3) is 0.417. The zero-order valence-electron chi connectivity index (χ0n) is 8.29. The maximum atomic E-state index is 10.4. The molecule has 1 saturated carbocycles. The molecule has 0 unspecified atom stereocenters. The first-order chi connectivity index (χ1) is 6.77. The van der Waals surface area contributed by atoms with Gasteiger partial charge in [-0.3, -0.25) is 0 Å². The third kappa shape index (κ3) is 1.38. The Hall–Kier alpha value is -1.40. The van der Waals surface area contributed by atoms with Gasteiger partial charge in [-0.15, -0.1) is 0 Å². The molecule has 0 N–H and O–H groups in total. The van der Waals surface area contributed by atoms with Crippen molar-refractivity contribution in [1.82, 2.24) is 0 Å². The van der Waals surface area contributed by atoms with Crippen molar-refractivity contribution in [2.75, 3.05) is 0 Å². The zero-order valence-corrected chi connectivity index (χ0v) is 8.29. The second kappa shape index (κ2) is 3.39. The van der Waals surface area contributed by atoms with Gasteiger partial charge >= 0.3 is 0 Å². The quantitative estimate of drug-likeness (QED) is 0.517. The highest BCUT2D eigenvalue weighted by molar-refractivity contribution is 5.40. The number of aryl methyl sites for hydroxylation is 1. The van der Waals surface area contributed by atoms with Gasteiger partial charge in [0.15, 0.2) is 0 Å². The summed E-state index contributed by atoms with van der Waals surface area (Å²) in [6.07, 6.45) is 4.81. The molecule has 0 aromatic heterocycles. The van der Waals surface area contributed by atoms with E-state index < -0.39 is 0 Å². The summed E-state index contributed by atoms with van der Waals surface area (Å²) in [5.41, 5.74) is 2.13. The van der Waals surface area contributed by atoms with Crippen molar-refractivity contribution < 1.29 is 4.79 Å². The fourth-order valence-electron chi connectivity index (χ4n) is 2.00. The van der Waals surface area contributed by atoms with Crippen LogP contribution in [0.3, 0.4) is 0 Å². The number of rotatable bonds is 2. The van der Waals surface area contributed by atoms with Gasteiger partial charge in [-0.2, -0.15) is 4.99 Å². The highest BCUT2D eigenvalue weighted by atomic mass is 16.1. The predicted octanol–water partition coefficient (Wildman–Crippen LogP) is 2.71. The van der Waals surface area contributed by atoms with Crippen molar-refractivity contribution in [3.63, 3.8) is 0 Å². The van der Waals surface area contributed by atoms with Gasteiger partial charge in [0.2, 0.25) is 6.08 Å². The standard InChI is InChI=1S/C12H13NO/c1-10-4-2-5-11(8-10)12(13-9-14)6-3-7-12/h2,4-5,8H,3,6-7H2,1H3. The summed E-state index contributed by atoms with van der Waals surface area (Å²) in [6.45, 7) is 2.06. The summed E-state index contributed by atoms with van der Waals surface area (Å²) in [5.74, 6) is 0. The molecule has 1 aromatic carbocycles. The number of nitrogens with zero attached hydrogens (tertiary/aromatic N) is 1. The molecule has 0 heterocycles. The van der Waals surface area contributed by atoms with E-state index in [1.807, 2.05) is 12.1 Å². The van der Waals surface area contributed by atoms with E-state index in [0.29, 0.717) is 0 Å². The molecule has 2 heteroatoms. The fourth-order valence-corrected chi connectivity index (χ4v) is 2.00. The van der Waals surface area contributed by atoms with Gasteiger partial charge in [0.1, 0.15) is 0 Å². The lowest BCUT2D eigenvalue weighted by atomic mass is 9.72. The summed E-state index contributed by atoms with van der Waals surface area (Å²) in [6, 6.07) is 8.23. The third-order valence-corrected chi connectivity index (χ3v) is 3.00. The van der Waals surface area contributed by atoms with Crippen LogP contribution in [0.2, 0.25) is 0 Å². The Morgan fingerprint density at radius 1 is 1.43 bits per heavy atom. The largest absolute Gasteiger partial charge is 0.235 e. The first-order valence-corrected chi connectivity index (χ1v) is 4.93. The molecular formula is C12H13NO. The minimum absolute atomic E-state index is 0.242. The van der Waals surface area contributed by atoms with E-state index >= 15 is 0 Å². The van der Waals surface area contributed by atoms with Gasteiger partial charge in [-0.25, -0.2) is 4.79 Å². The van der Waals surface area contributed by atoms with Gasteiger partial charge in [0, 0.05) is 0 Å². The smallest absolute Gasteiger partial charge is 0.211 e. The number of isocyanates is 1. The molecule has 0 atom stereocenters. The molecule has 72 valence electrons. The molecule has 1 aliphatic rings. The van der Waals surface area contributed by atoms with E-state index in [0.717, 1.165) is 24.8 Å². The summed E-state index contributed by atoms with van der Waals surface area (Å²) >= 11 is 0. The Morgan fingerprint density at radius 3 is 2.71 bits per heavy atom. The lowest BCUT2D eigenvalue weighted by molar-refractivity contribution is 0.256. The van der Waals surface area contributed by atoms with E-state index in [-0.39, 0.29) is 5.54 Å². The maximum Gasteiger partial charge on any atom is 0.235 e. The highest BCUT2D eigenvalue weighted by Gasteiger charge is 2.38. The van der Waals surface area contributed by atoms with Crippen LogP contribution in [0.25, 0.3) is 0 Å². The predicted molar refractivity (Wildman–Crippen MR) is 54.8 cm³/mol. The average Bonchev–Trinajstić information content (AvgIpc) is 2.11. The summed E-state index contributed by atoms with van der Waals surface area (Å²) in [7, 11) is 0. The normalized spacial score (nSPS) is 18.1. The van der Waals surface area contributed by atoms with Crippen molar-refractivity contribution in [1.29, 1.82) is 0 Å². The highest BCUT2D eigenvalue weighted by Crippen LogP contribution is 2.44. The van der Waals surface area contributed by atoms with Crippen molar-refractivity contribution in [2.45, 2.75) is 31.7 Å². The molecule has 0 bridgehead atoms. The minimum Gasteiger partial charge on any atom is -0.211 e. The SMILES string of the molecule is Cc1cccc(C2(N=C=O)CCC2)c1. The number of carbonyl (C=O) groups excluding carboxylic acids is 1. The van der Waals surface area contributed by atoms with E-state index in [4.69, 9.17) is 0 Å². The molecule has 1 aromatic rings. The lowest BCUT2D eigenvalue weighted by Crippen LogP contribution is -2.31. The third-order valence-electron chi connectivity index (χ3n) is 3.00. The second-order valence-corrected chi connectivity index (χ2v) is 3.96. The monoisotopic (exact) mass is 187 g/mol. The number of hydrogen-bond acceptors (Lipinski definition) is 2. The Balaban J connectivity index is 2.41. The van der Waals surface area contributed by atoms with Crippen LogP contribution >= 0.6 is 0 Å². The Bertz CT molecular complexity index is 387. The van der Waals surface area contributed by atoms with E-state index in [2.05, 4.69) is 24.0 Å². The average molecular weight is 187 g/mol. The van der Waals surface area contributed by atoms with Crippen molar-refractivity contribution >= 4 is 6.08 Å². The first-order valence-electron chi connectivity index (χ1n) is 4.93. The van der Waals surface area contributed by atoms with Gasteiger partial charge in [-0.05, 0) is 31.7 Å². The molecule has 0 radical (unpaired) electrons. The molecule has 0 saturated heterocycles. The summed E-state index contributed by atoms with van der Waals surface area (Å²) in [5, 5.41) is 0. The summed E-state index contributed by atoms with van der Waals surface area (Å²) in [4.78, 5) is 14.3. The first kappa shape index (κ1) is 9.17. The molecule has 1 aliphatic carbocycles. The van der Waals surface area contributed by atoms with Crippen LogP contribution in [0, 0.1) is 6.92 Å². The van der Waals surface area contributed by atoms with Gasteiger partial charge in [0.05, 0.1) is 5.54 Å². The van der Waals surface area contributed by atoms with Crippen LogP contribution in [-0.2, 0) is 10.3 Å². The molecule has 1 fully saturated rings. The van der Waals surface area contributed by atoms with E-state index in [1.54, 1.807) is 6.08 Å². The molecule has 0 aliphatic heterocycles. The molecule has 14 heavy (non-hydrogen) atoms. The number of aliphatic imine (C=N–C) groups is 1. The topological polar surface area (TPSA) is 29.4 Å². The minimum atomic E-state index is -0.242. The van der Waals surface area contributed by atoms with Crippen molar-refractivity contribution in [3.8, 4) is 0 Å². The second-order valence-electron chi connectivity index (χ2n) is 3.96. The van der Waals surface area contributed by atoms with Crippen LogP contribution < -0.4 is 0 Å². The molecule has 2 rings (SSSR count). The van der Waals surface area contributed by atoms with Crippen LogP contribution in [0.1, 0.15) is 30.4 Å². The lowest BCUT2D eigenvalue weighted by Gasteiger charge is -2.37. The van der Waals surface area contributed by atoms with Gasteiger partial charge < -0.3 is 0 Å². The van der Waals surface area contributed by atoms with Crippen LogP contribution in [0.5, 0.6) is 0 Å². The molecule has 0 amide bonds.